The average molecular weight is 441 g/mol. The quantitative estimate of drug-likeness (QED) is 0.444. The molecular weight excluding hydrogens is 400 g/mol. The Morgan fingerprint density at radius 2 is 1.75 bits per heavy atom. The number of fused-ring (bicyclic) bond motifs is 1. The van der Waals surface area contributed by atoms with Crippen LogP contribution >= 0.6 is 0 Å². The second kappa shape index (κ2) is 11.5. The van der Waals surface area contributed by atoms with Crippen molar-refractivity contribution in [2.24, 2.45) is 0 Å². The number of nitrogens with zero attached hydrogens (tertiary/aromatic N) is 6. The lowest BCUT2D eigenvalue weighted by molar-refractivity contribution is 0.0655. The molecule has 0 spiro atoms. The fourth-order valence-corrected chi connectivity index (χ4v) is 4.42. The molecule has 0 radical (unpaired) electrons. The molecule has 1 saturated heterocycles. The van der Waals surface area contributed by atoms with E-state index in [1.54, 1.807) is 0 Å². The second-order valence-corrected chi connectivity index (χ2v) is 8.48. The number of hydrogen-bond acceptors (Lipinski definition) is 5. The van der Waals surface area contributed by atoms with Crippen molar-refractivity contribution in [3.63, 3.8) is 0 Å². The average Bonchev–Trinajstić information content (AvgIpc) is 3.30. The summed E-state index contributed by atoms with van der Waals surface area (Å²) in [6.45, 7) is 15.1. The Labute approximate surface area is 192 Å². The normalized spacial score (nSPS) is 14.6. The maximum absolute atomic E-state index is 5.52. The van der Waals surface area contributed by atoms with Gasteiger partial charge < -0.3 is 4.74 Å². The van der Waals surface area contributed by atoms with Crippen molar-refractivity contribution in [3.8, 4) is 0 Å². The zero-order chi connectivity index (χ0) is 23.1. The Kier molecular flexibility index (Phi) is 8.79. The first-order valence-electron chi connectivity index (χ1n) is 12.4. The van der Waals surface area contributed by atoms with Gasteiger partial charge in [0.15, 0.2) is 5.65 Å². The molecule has 3 aromatic heterocycles. The van der Waals surface area contributed by atoms with Gasteiger partial charge >= 0.3 is 0 Å². The van der Waals surface area contributed by atoms with Crippen LogP contribution in [0.3, 0.4) is 0 Å². The Balaban J connectivity index is 0.00000141. The van der Waals surface area contributed by atoms with E-state index in [9.17, 15) is 0 Å². The predicted octanol–water partition coefficient (Wildman–Crippen LogP) is 5.30. The highest BCUT2D eigenvalue weighted by molar-refractivity contribution is 5.77. The number of aromatic nitrogens is 6. The summed E-state index contributed by atoms with van der Waals surface area (Å²) in [7, 11) is 0. The molecule has 1 fully saturated rings. The minimum absolute atomic E-state index is 0.488. The monoisotopic (exact) mass is 440 g/mol. The molecule has 0 amide bonds. The van der Waals surface area contributed by atoms with Crippen molar-refractivity contribution in [1.82, 2.24) is 29.5 Å². The summed E-state index contributed by atoms with van der Waals surface area (Å²) >= 11 is 0. The minimum Gasteiger partial charge on any atom is -0.381 e. The van der Waals surface area contributed by atoms with Gasteiger partial charge in [-0.1, -0.05) is 27.2 Å². The number of unbranched alkanes of at least 4 members (excludes halogenated alkanes) is 1. The number of ether oxygens (including phenoxy) is 1. The molecule has 4 heterocycles. The summed E-state index contributed by atoms with van der Waals surface area (Å²) in [5, 5.41) is 10.9. The van der Waals surface area contributed by atoms with Gasteiger partial charge in [0, 0.05) is 31.6 Å². The molecule has 7 heteroatoms. The molecule has 0 aliphatic carbocycles. The third-order valence-corrected chi connectivity index (χ3v) is 6.29. The smallest absolute Gasteiger partial charge is 0.161 e. The van der Waals surface area contributed by atoms with Gasteiger partial charge in [-0.05, 0) is 64.9 Å². The van der Waals surface area contributed by atoms with Gasteiger partial charge in [0.25, 0.3) is 0 Å². The molecule has 3 aromatic rings. The van der Waals surface area contributed by atoms with Gasteiger partial charge in [-0.2, -0.15) is 10.2 Å². The molecule has 0 saturated carbocycles. The fourth-order valence-electron chi connectivity index (χ4n) is 4.42. The van der Waals surface area contributed by atoms with Crippen molar-refractivity contribution in [2.45, 2.75) is 99.1 Å². The van der Waals surface area contributed by atoms with Crippen LogP contribution in [0.1, 0.15) is 87.4 Å². The number of hydrogen-bond donors (Lipinski definition) is 0. The number of aryl methyl sites for hydroxylation is 4. The van der Waals surface area contributed by atoms with E-state index in [-0.39, 0.29) is 0 Å². The van der Waals surface area contributed by atoms with Crippen LogP contribution in [-0.4, -0.2) is 42.7 Å². The topological polar surface area (TPSA) is 70.7 Å². The van der Waals surface area contributed by atoms with Crippen LogP contribution in [-0.2, 0) is 24.1 Å². The predicted molar refractivity (Wildman–Crippen MR) is 129 cm³/mol. The lowest BCUT2D eigenvalue weighted by Gasteiger charge is -2.23. The third kappa shape index (κ3) is 5.37. The van der Waals surface area contributed by atoms with Crippen LogP contribution in [0.25, 0.3) is 11.0 Å². The highest BCUT2D eigenvalue weighted by Crippen LogP contribution is 2.25. The fraction of sp³-hybridized carbons (Fsp3) is 0.680. The van der Waals surface area contributed by atoms with Crippen molar-refractivity contribution < 1.29 is 4.74 Å². The van der Waals surface area contributed by atoms with E-state index in [0.717, 1.165) is 87.3 Å². The van der Waals surface area contributed by atoms with E-state index in [0.29, 0.717) is 6.04 Å². The molecule has 0 atom stereocenters. The van der Waals surface area contributed by atoms with E-state index >= 15 is 0 Å². The minimum atomic E-state index is 0.488. The zero-order valence-corrected chi connectivity index (χ0v) is 20.8. The maximum Gasteiger partial charge on any atom is 0.161 e. The van der Waals surface area contributed by atoms with Crippen molar-refractivity contribution in [2.75, 3.05) is 13.2 Å². The Bertz CT molecular complexity index is 1000. The van der Waals surface area contributed by atoms with E-state index < -0.39 is 0 Å². The lowest BCUT2D eigenvalue weighted by Crippen LogP contribution is -2.21. The SMILES string of the molecule is CC.CCCc1nn(CCCCc2nn(C3CCOCC3)c(C)c2C)c2nc(C)ncc12. The lowest BCUT2D eigenvalue weighted by atomic mass is 10.1. The molecule has 0 N–H and O–H groups in total. The van der Waals surface area contributed by atoms with Crippen LogP contribution in [0.5, 0.6) is 0 Å². The maximum atomic E-state index is 5.52. The van der Waals surface area contributed by atoms with Crippen molar-refractivity contribution in [1.29, 1.82) is 0 Å². The first kappa shape index (κ1) is 24.4. The first-order chi connectivity index (χ1) is 15.6. The largest absolute Gasteiger partial charge is 0.381 e. The van der Waals surface area contributed by atoms with Crippen molar-refractivity contribution in [3.05, 3.63) is 34.7 Å². The summed E-state index contributed by atoms with van der Waals surface area (Å²) < 4.78 is 9.85. The molecule has 1 aliphatic heterocycles. The van der Waals surface area contributed by atoms with Crippen LogP contribution in [0.2, 0.25) is 0 Å². The number of rotatable bonds is 8. The summed E-state index contributed by atoms with van der Waals surface area (Å²) in [4.78, 5) is 9.04. The summed E-state index contributed by atoms with van der Waals surface area (Å²) in [5.41, 5.74) is 6.00. The van der Waals surface area contributed by atoms with Crippen LogP contribution in [0.4, 0.5) is 0 Å². The molecule has 0 bridgehead atoms. The first-order valence-corrected chi connectivity index (χ1v) is 12.4. The van der Waals surface area contributed by atoms with Crippen molar-refractivity contribution >= 4 is 11.0 Å². The second-order valence-electron chi connectivity index (χ2n) is 8.48. The molecule has 32 heavy (non-hydrogen) atoms. The van der Waals surface area contributed by atoms with Gasteiger partial charge in [0.2, 0.25) is 0 Å². The summed E-state index contributed by atoms with van der Waals surface area (Å²) in [6, 6.07) is 0.488. The molecule has 0 unspecified atom stereocenters. The third-order valence-electron chi connectivity index (χ3n) is 6.29. The standard InChI is InChI=1S/C23H34N6O.C2H6/c1-5-8-22-20-15-24-18(4)25-23(20)28(26-22)12-7-6-9-21-16(2)17(3)29(27-21)19-10-13-30-14-11-19;1-2/h15,19H,5-14H2,1-4H3;1-2H3. The highest BCUT2D eigenvalue weighted by Gasteiger charge is 2.21. The van der Waals surface area contributed by atoms with Crippen LogP contribution in [0.15, 0.2) is 6.20 Å². The Morgan fingerprint density at radius 3 is 2.47 bits per heavy atom. The molecule has 7 nitrogen and oxygen atoms in total. The van der Waals surface area contributed by atoms with E-state index in [4.69, 9.17) is 14.9 Å². The van der Waals surface area contributed by atoms with E-state index in [2.05, 4.69) is 40.1 Å². The van der Waals surface area contributed by atoms with Crippen LogP contribution < -0.4 is 0 Å². The summed E-state index contributed by atoms with van der Waals surface area (Å²) in [5.74, 6) is 0.802. The van der Waals surface area contributed by atoms with E-state index in [1.165, 1.54) is 17.0 Å². The highest BCUT2D eigenvalue weighted by atomic mass is 16.5. The molecule has 4 rings (SSSR count). The summed E-state index contributed by atoms with van der Waals surface area (Å²) in [6.07, 6.45) is 9.28. The molecular formula is C25H40N6O. The van der Waals surface area contributed by atoms with E-state index in [1.807, 2.05) is 27.0 Å². The van der Waals surface area contributed by atoms with Crippen LogP contribution in [0, 0.1) is 20.8 Å². The van der Waals surface area contributed by atoms with Gasteiger partial charge in [0.05, 0.1) is 22.8 Å². The molecule has 0 aromatic carbocycles. The molecule has 176 valence electrons. The Morgan fingerprint density at radius 1 is 1.00 bits per heavy atom. The van der Waals surface area contributed by atoms with Gasteiger partial charge in [-0.15, -0.1) is 0 Å². The van der Waals surface area contributed by atoms with Gasteiger partial charge in [-0.3, -0.25) is 4.68 Å². The van der Waals surface area contributed by atoms with Gasteiger partial charge in [0.1, 0.15) is 5.82 Å². The van der Waals surface area contributed by atoms with Gasteiger partial charge in [-0.25, -0.2) is 14.6 Å². The Hall–Kier alpha value is -2.28. The zero-order valence-electron chi connectivity index (χ0n) is 20.8. The molecule has 1 aliphatic rings.